The van der Waals surface area contributed by atoms with Crippen molar-refractivity contribution in [3.63, 3.8) is 0 Å². The van der Waals surface area contributed by atoms with Crippen LogP contribution in [0.15, 0.2) is 36.4 Å². The van der Waals surface area contributed by atoms with Crippen molar-refractivity contribution in [1.29, 1.82) is 0 Å². The molecule has 1 heterocycles. The smallest absolute Gasteiger partial charge is 0.344 e. The number of hydrogen-bond donors (Lipinski definition) is 0. The number of carbonyl (C=O) groups excluding carboxylic acids is 1. The van der Waals surface area contributed by atoms with E-state index >= 15 is 0 Å². The number of fused-ring (bicyclic) bond motifs is 1. The topological polar surface area (TPSA) is 58.3 Å². The highest BCUT2D eigenvalue weighted by Crippen LogP contribution is 2.34. The van der Waals surface area contributed by atoms with Gasteiger partial charge in [-0.25, -0.2) is 9.64 Å². The summed E-state index contributed by atoms with van der Waals surface area (Å²) in [4.78, 5) is 14.9. The highest BCUT2D eigenvalue weighted by atomic mass is 16.6. The molecule has 2 aromatic rings. The Kier molecular flexibility index (Phi) is 5.44. The van der Waals surface area contributed by atoms with E-state index in [0.29, 0.717) is 23.8 Å². The molecule has 0 aliphatic carbocycles. The summed E-state index contributed by atoms with van der Waals surface area (Å²) in [6.07, 6.45) is 0. The van der Waals surface area contributed by atoms with Crippen molar-refractivity contribution >= 4 is 24.0 Å². The Morgan fingerprint density at radius 2 is 2.04 bits per heavy atom. The molecule has 1 aliphatic rings. The Morgan fingerprint density at radius 3 is 2.81 bits per heavy atom. The summed E-state index contributed by atoms with van der Waals surface area (Å²) in [6, 6.07) is 10.7. The lowest BCUT2D eigenvalue weighted by molar-refractivity contribution is -0.145. The van der Waals surface area contributed by atoms with Gasteiger partial charge in [0.1, 0.15) is 17.2 Å². The van der Waals surface area contributed by atoms with E-state index in [1.54, 1.807) is 25.1 Å². The maximum atomic E-state index is 11.5. The molecule has 0 N–H and O–H groups in total. The van der Waals surface area contributed by atoms with Crippen LogP contribution in [0.5, 0.6) is 17.2 Å². The van der Waals surface area contributed by atoms with E-state index in [2.05, 4.69) is 4.85 Å². The second kappa shape index (κ2) is 7.94. The third-order valence-corrected chi connectivity index (χ3v) is 3.98. The molecule has 0 fully saturated rings. The number of carbonyl (C=O) groups is 1. The van der Waals surface area contributed by atoms with Crippen molar-refractivity contribution in [2.75, 3.05) is 13.2 Å². The molecule has 0 saturated carbocycles. The minimum Gasteiger partial charge on any atom is -0.493 e. The van der Waals surface area contributed by atoms with Crippen LogP contribution in [-0.4, -0.2) is 26.1 Å². The summed E-state index contributed by atoms with van der Waals surface area (Å²) in [5.41, 5.74) is 2.57. The van der Waals surface area contributed by atoms with Gasteiger partial charge in [0.05, 0.1) is 19.8 Å². The summed E-state index contributed by atoms with van der Waals surface area (Å²) in [7, 11) is 0. The van der Waals surface area contributed by atoms with Crippen molar-refractivity contribution in [2.24, 2.45) is 0 Å². The van der Waals surface area contributed by atoms with Crippen LogP contribution in [0.3, 0.4) is 0 Å². The van der Waals surface area contributed by atoms with Gasteiger partial charge in [0, 0.05) is 6.07 Å². The molecule has 0 radical (unpaired) electrons. The average Bonchev–Trinajstić information content (AvgIpc) is 3.01. The Hall–Kier alpha value is -2.98. The molecular formula is C19H18BNO5. The zero-order valence-corrected chi connectivity index (χ0v) is 14.7. The molecule has 3 rings (SSSR count). The summed E-state index contributed by atoms with van der Waals surface area (Å²) in [5.74, 6) is 0.989. The molecule has 0 amide bonds. The fourth-order valence-electron chi connectivity index (χ4n) is 2.71. The molecule has 6 nitrogen and oxygen atoms in total. The van der Waals surface area contributed by atoms with Crippen LogP contribution in [0.4, 0.5) is 5.69 Å². The van der Waals surface area contributed by atoms with Gasteiger partial charge in [0.25, 0.3) is 0 Å². The quantitative estimate of drug-likeness (QED) is 0.454. The third kappa shape index (κ3) is 3.98. The lowest BCUT2D eigenvalue weighted by Gasteiger charge is -2.11. The molecule has 132 valence electrons. The summed E-state index contributed by atoms with van der Waals surface area (Å²) < 4.78 is 21.7. The normalized spacial score (nSPS) is 12.3. The summed E-state index contributed by atoms with van der Waals surface area (Å²) >= 11 is 0. The first-order valence-electron chi connectivity index (χ1n) is 8.33. The van der Waals surface area contributed by atoms with Gasteiger partial charge in [-0.2, -0.15) is 0 Å². The van der Waals surface area contributed by atoms with E-state index in [0.717, 1.165) is 5.56 Å². The van der Waals surface area contributed by atoms with Crippen LogP contribution in [-0.2, 0) is 20.8 Å². The van der Waals surface area contributed by atoms with Gasteiger partial charge in [-0.05, 0) is 42.2 Å². The van der Waals surface area contributed by atoms with E-state index in [9.17, 15) is 4.79 Å². The fraction of sp³-hybridized carbons (Fsp3) is 0.263. The van der Waals surface area contributed by atoms with Crippen LogP contribution in [0.25, 0.3) is 4.85 Å². The predicted octanol–water partition coefficient (Wildman–Crippen LogP) is 3.33. The van der Waals surface area contributed by atoms with Crippen molar-refractivity contribution in [3.05, 3.63) is 53.4 Å². The van der Waals surface area contributed by atoms with Crippen LogP contribution < -0.4 is 14.9 Å². The Morgan fingerprint density at radius 1 is 1.27 bits per heavy atom. The largest absolute Gasteiger partial charge is 0.493 e. The number of hydrogen-bond acceptors (Lipinski definition) is 5. The lowest BCUT2D eigenvalue weighted by Crippen LogP contribution is -2.23. The number of benzene rings is 2. The monoisotopic (exact) mass is 351 g/mol. The first-order chi connectivity index (χ1) is 12.6. The molecule has 0 bridgehead atoms. The van der Waals surface area contributed by atoms with Gasteiger partial charge in [-0.1, -0.05) is 12.9 Å². The van der Waals surface area contributed by atoms with Gasteiger partial charge < -0.3 is 18.9 Å². The number of rotatable bonds is 6. The van der Waals surface area contributed by atoms with E-state index in [1.807, 2.05) is 25.0 Å². The number of esters is 1. The summed E-state index contributed by atoms with van der Waals surface area (Å²) in [6.45, 7) is 11.6. The van der Waals surface area contributed by atoms with Gasteiger partial charge >= 0.3 is 12.9 Å². The Bertz CT molecular complexity index is 861. The molecule has 0 atom stereocenters. The molecular weight excluding hydrogens is 333 g/mol. The van der Waals surface area contributed by atoms with Gasteiger partial charge in [-0.3, -0.25) is 0 Å². The molecule has 26 heavy (non-hydrogen) atoms. The highest BCUT2D eigenvalue weighted by Gasteiger charge is 2.23. The average molecular weight is 351 g/mol. The molecule has 0 aromatic heterocycles. The number of ether oxygens (including phenoxy) is 3. The van der Waals surface area contributed by atoms with E-state index < -0.39 is 5.97 Å². The standard InChI is InChI=1S/C19H18BNO5/c1-4-23-19(22)12-24-18-10-15(6-8-17(18)21-3)26-14-5-7-16-13(9-14)11-25-20(16)2/h5-10H,4,11-12H2,1-2H3. The minimum atomic E-state index is -0.484. The van der Waals surface area contributed by atoms with Crippen molar-refractivity contribution < 1.29 is 23.7 Å². The second-order valence-electron chi connectivity index (χ2n) is 5.75. The maximum Gasteiger partial charge on any atom is 0.344 e. The van der Waals surface area contributed by atoms with Crippen LogP contribution in [0.2, 0.25) is 6.82 Å². The Labute approximate surface area is 152 Å². The van der Waals surface area contributed by atoms with Crippen LogP contribution in [0, 0.1) is 6.57 Å². The zero-order valence-electron chi connectivity index (χ0n) is 14.7. The lowest BCUT2D eigenvalue weighted by atomic mass is 9.64. The van der Waals surface area contributed by atoms with E-state index in [-0.39, 0.29) is 25.9 Å². The molecule has 0 unspecified atom stereocenters. The molecule has 0 saturated heterocycles. The third-order valence-electron chi connectivity index (χ3n) is 3.98. The first-order valence-corrected chi connectivity index (χ1v) is 8.33. The van der Waals surface area contributed by atoms with Gasteiger partial charge in [-0.15, -0.1) is 0 Å². The molecule has 2 aromatic carbocycles. The van der Waals surface area contributed by atoms with Crippen molar-refractivity contribution in [2.45, 2.75) is 20.4 Å². The maximum absolute atomic E-state index is 11.5. The molecule has 1 aliphatic heterocycles. The van der Waals surface area contributed by atoms with Crippen molar-refractivity contribution in [3.8, 4) is 17.2 Å². The molecule has 7 heteroatoms. The highest BCUT2D eigenvalue weighted by molar-refractivity contribution is 6.67. The minimum absolute atomic E-state index is 0.0971. The van der Waals surface area contributed by atoms with Gasteiger partial charge in [0.2, 0.25) is 5.69 Å². The SMILES string of the molecule is [C-]#[N+]c1ccc(Oc2ccc3c(c2)COB3C)cc1OCC(=O)OCC. The van der Waals surface area contributed by atoms with Crippen LogP contribution >= 0.6 is 0 Å². The fourth-order valence-corrected chi connectivity index (χ4v) is 2.71. The summed E-state index contributed by atoms with van der Waals surface area (Å²) in [5, 5.41) is 0. The van der Waals surface area contributed by atoms with E-state index in [4.69, 9.17) is 25.4 Å². The van der Waals surface area contributed by atoms with E-state index in [1.165, 1.54) is 5.46 Å². The molecule has 0 spiro atoms. The second-order valence-corrected chi connectivity index (χ2v) is 5.75. The Balaban J connectivity index is 1.75. The van der Waals surface area contributed by atoms with Crippen molar-refractivity contribution in [1.82, 2.24) is 0 Å². The number of nitrogens with zero attached hydrogens (tertiary/aromatic N) is 1. The van der Waals surface area contributed by atoms with Crippen LogP contribution in [0.1, 0.15) is 12.5 Å². The zero-order chi connectivity index (χ0) is 18.5. The first kappa shape index (κ1) is 17.8. The predicted molar refractivity (Wildman–Crippen MR) is 97.4 cm³/mol. The van der Waals surface area contributed by atoms with Gasteiger partial charge in [0.15, 0.2) is 6.61 Å².